The quantitative estimate of drug-likeness (QED) is 0.942. The lowest BCUT2D eigenvalue weighted by molar-refractivity contribution is 0.815. The third-order valence-electron chi connectivity index (χ3n) is 2.02. The van der Waals surface area contributed by atoms with Gasteiger partial charge in [-0.05, 0) is 40.5 Å². The summed E-state index contributed by atoms with van der Waals surface area (Å²) >= 11 is 6.67. The Bertz CT molecular complexity index is 471. The molecule has 3 nitrogen and oxygen atoms in total. The maximum absolute atomic E-state index is 5.82. The number of nitrogens with zero attached hydrogens (tertiary/aromatic N) is 2. The number of hydrogen-bond acceptors (Lipinski definition) is 5. The molecule has 16 heavy (non-hydrogen) atoms. The van der Waals surface area contributed by atoms with E-state index in [1.807, 2.05) is 19.1 Å². The second-order valence-electron chi connectivity index (χ2n) is 3.29. The van der Waals surface area contributed by atoms with E-state index in [0.29, 0.717) is 0 Å². The first-order valence-corrected chi connectivity index (χ1v) is 7.15. The molecule has 2 aromatic rings. The zero-order chi connectivity index (χ0) is 11.5. The van der Waals surface area contributed by atoms with Crippen molar-refractivity contribution in [2.24, 2.45) is 5.73 Å². The maximum Gasteiger partial charge on any atom is 0.178 e. The van der Waals surface area contributed by atoms with Crippen LogP contribution in [0.25, 0.3) is 0 Å². The number of aromatic nitrogens is 2. The van der Waals surface area contributed by atoms with Crippen LogP contribution in [-0.4, -0.2) is 10.2 Å². The van der Waals surface area contributed by atoms with Gasteiger partial charge in [-0.15, -0.1) is 10.2 Å². The summed E-state index contributed by atoms with van der Waals surface area (Å²) in [5.41, 5.74) is 8.67. The van der Waals surface area contributed by atoms with Crippen molar-refractivity contribution in [3.05, 3.63) is 33.7 Å². The monoisotopic (exact) mass is 315 g/mol. The lowest BCUT2D eigenvalue weighted by atomic mass is 10.1. The maximum atomic E-state index is 5.82. The summed E-state index contributed by atoms with van der Waals surface area (Å²) in [6, 6.07) is 6.19. The van der Waals surface area contributed by atoms with E-state index in [-0.39, 0.29) is 6.04 Å². The van der Waals surface area contributed by atoms with Crippen molar-refractivity contribution in [2.45, 2.75) is 22.2 Å². The number of benzene rings is 1. The minimum absolute atomic E-state index is 0.0527. The van der Waals surface area contributed by atoms with Crippen LogP contribution in [0.15, 0.2) is 37.4 Å². The molecule has 1 aromatic carbocycles. The van der Waals surface area contributed by atoms with Crippen molar-refractivity contribution in [3.63, 3.8) is 0 Å². The van der Waals surface area contributed by atoms with Crippen LogP contribution < -0.4 is 5.73 Å². The van der Waals surface area contributed by atoms with E-state index < -0.39 is 0 Å². The van der Waals surface area contributed by atoms with Crippen LogP contribution in [0, 0.1) is 0 Å². The predicted molar refractivity (Wildman–Crippen MR) is 70.8 cm³/mol. The zero-order valence-electron chi connectivity index (χ0n) is 8.55. The number of nitrogens with two attached hydrogens (primary N) is 1. The second kappa shape index (κ2) is 5.27. The van der Waals surface area contributed by atoms with Crippen LogP contribution in [-0.2, 0) is 0 Å². The van der Waals surface area contributed by atoms with Crippen molar-refractivity contribution in [3.8, 4) is 0 Å². The molecule has 0 saturated heterocycles. The summed E-state index contributed by atoms with van der Waals surface area (Å²) in [6.07, 6.45) is 0. The molecule has 0 amide bonds. The minimum Gasteiger partial charge on any atom is -0.324 e. The van der Waals surface area contributed by atoms with Gasteiger partial charge in [0.15, 0.2) is 4.34 Å². The van der Waals surface area contributed by atoms with E-state index in [1.54, 1.807) is 17.3 Å². The first-order valence-electron chi connectivity index (χ1n) is 4.66. The Kier molecular flexibility index (Phi) is 3.96. The average molecular weight is 316 g/mol. The molecular weight excluding hydrogens is 306 g/mol. The predicted octanol–water partition coefficient (Wildman–Crippen LogP) is 3.47. The smallest absolute Gasteiger partial charge is 0.178 e. The number of rotatable bonds is 3. The van der Waals surface area contributed by atoms with Gasteiger partial charge in [-0.3, -0.25) is 0 Å². The molecule has 1 atom stereocenters. The van der Waals surface area contributed by atoms with E-state index in [9.17, 15) is 0 Å². The van der Waals surface area contributed by atoms with Crippen LogP contribution in [0.4, 0.5) is 0 Å². The molecule has 0 aliphatic heterocycles. The Morgan fingerprint density at radius 2 is 2.31 bits per heavy atom. The summed E-state index contributed by atoms with van der Waals surface area (Å²) in [5.74, 6) is 0. The summed E-state index contributed by atoms with van der Waals surface area (Å²) in [5, 5.41) is 7.80. The first kappa shape index (κ1) is 12.0. The third-order valence-corrected chi connectivity index (χ3v) is 4.79. The average Bonchev–Trinajstić information content (AvgIpc) is 2.73. The van der Waals surface area contributed by atoms with Crippen molar-refractivity contribution < 1.29 is 0 Å². The lowest BCUT2D eigenvalue weighted by Crippen LogP contribution is -2.04. The van der Waals surface area contributed by atoms with Crippen molar-refractivity contribution in [1.29, 1.82) is 0 Å². The molecule has 1 heterocycles. The molecule has 0 fully saturated rings. The number of halogens is 1. The van der Waals surface area contributed by atoms with E-state index in [2.05, 4.69) is 32.2 Å². The van der Waals surface area contributed by atoms with Crippen molar-refractivity contribution >= 4 is 39.0 Å². The highest BCUT2D eigenvalue weighted by molar-refractivity contribution is 9.10. The SMILES string of the molecule is C[C@@H](N)c1ccc(Sc2nncs2)c(Br)c1. The van der Waals surface area contributed by atoms with Gasteiger partial charge < -0.3 is 5.73 Å². The van der Waals surface area contributed by atoms with Gasteiger partial charge in [0.05, 0.1) is 0 Å². The molecule has 84 valence electrons. The summed E-state index contributed by atoms with van der Waals surface area (Å²) in [7, 11) is 0. The molecule has 0 saturated carbocycles. The standard InChI is InChI=1S/C10H10BrN3S2/c1-6(12)7-2-3-9(8(11)4-7)16-10-14-13-5-15-10/h2-6H,12H2,1H3/t6-/m1/s1. The Morgan fingerprint density at radius 3 is 2.88 bits per heavy atom. The fourth-order valence-corrected chi connectivity index (χ4v) is 3.26. The molecule has 0 bridgehead atoms. The molecule has 2 rings (SSSR count). The Labute approximate surface area is 111 Å². The van der Waals surface area contributed by atoms with Gasteiger partial charge in [-0.25, -0.2) is 0 Å². The fourth-order valence-electron chi connectivity index (χ4n) is 1.18. The fraction of sp³-hybridized carbons (Fsp3) is 0.200. The third kappa shape index (κ3) is 2.82. The van der Waals surface area contributed by atoms with E-state index in [1.165, 1.54) is 11.3 Å². The highest BCUT2D eigenvalue weighted by Gasteiger charge is 2.07. The summed E-state index contributed by atoms with van der Waals surface area (Å²) in [6.45, 7) is 1.97. The van der Waals surface area contributed by atoms with Gasteiger partial charge in [0, 0.05) is 15.4 Å². The van der Waals surface area contributed by atoms with Gasteiger partial charge in [0.25, 0.3) is 0 Å². The van der Waals surface area contributed by atoms with Crippen LogP contribution >= 0.6 is 39.0 Å². The second-order valence-corrected chi connectivity index (χ2v) is 6.26. The molecule has 0 aliphatic rings. The molecule has 0 radical (unpaired) electrons. The molecule has 6 heteroatoms. The molecule has 0 aliphatic carbocycles. The van der Waals surface area contributed by atoms with E-state index >= 15 is 0 Å². The molecule has 2 N–H and O–H groups in total. The van der Waals surface area contributed by atoms with Gasteiger partial charge in [-0.1, -0.05) is 29.2 Å². The van der Waals surface area contributed by atoms with Crippen LogP contribution in [0.2, 0.25) is 0 Å². The molecule has 1 aromatic heterocycles. The minimum atomic E-state index is 0.0527. The van der Waals surface area contributed by atoms with Gasteiger partial charge >= 0.3 is 0 Å². The largest absolute Gasteiger partial charge is 0.324 e. The Balaban J connectivity index is 2.23. The molecule has 0 spiro atoms. The topological polar surface area (TPSA) is 51.8 Å². The molecular formula is C10H10BrN3S2. The van der Waals surface area contributed by atoms with Gasteiger partial charge in [0.2, 0.25) is 0 Å². The Hall–Kier alpha value is -0.430. The summed E-state index contributed by atoms with van der Waals surface area (Å²) in [4.78, 5) is 1.13. The van der Waals surface area contributed by atoms with E-state index in [0.717, 1.165) is 19.3 Å². The normalized spacial score (nSPS) is 12.7. The van der Waals surface area contributed by atoms with Gasteiger partial charge in [0.1, 0.15) is 5.51 Å². The van der Waals surface area contributed by atoms with Crippen molar-refractivity contribution in [2.75, 3.05) is 0 Å². The highest BCUT2D eigenvalue weighted by atomic mass is 79.9. The Morgan fingerprint density at radius 1 is 1.50 bits per heavy atom. The number of hydrogen-bond donors (Lipinski definition) is 1. The van der Waals surface area contributed by atoms with E-state index in [4.69, 9.17) is 5.73 Å². The molecule has 0 unspecified atom stereocenters. The lowest BCUT2D eigenvalue weighted by Gasteiger charge is -2.08. The van der Waals surface area contributed by atoms with Gasteiger partial charge in [-0.2, -0.15) is 0 Å². The first-order chi connectivity index (χ1) is 7.66. The van der Waals surface area contributed by atoms with Crippen molar-refractivity contribution in [1.82, 2.24) is 10.2 Å². The van der Waals surface area contributed by atoms with Crippen LogP contribution in [0.5, 0.6) is 0 Å². The summed E-state index contributed by atoms with van der Waals surface area (Å²) < 4.78 is 1.98. The van der Waals surface area contributed by atoms with Crippen LogP contribution in [0.1, 0.15) is 18.5 Å². The highest BCUT2D eigenvalue weighted by Crippen LogP contribution is 2.35. The zero-order valence-corrected chi connectivity index (χ0v) is 11.8. The van der Waals surface area contributed by atoms with Crippen LogP contribution in [0.3, 0.4) is 0 Å².